The van der Waals surface area contributed by atoms with Crippen LogP contribution in [-0.2, 0) is 9.53 Å². The lowest BCUT2D eigenvalue weighted by Crippen LogP contribution is -2.50. The molecule has 152 valence electrons. The van der Waals surface area contributed by atoms with E-state index in [4.69, 9.17) is 4.74 Å². The van der Waals surface area contributed by atoms with Crippen molar-refractivity contribution in [1.29, 1.82) is 0 Å². The summed E-state index contributed by atoms with van der Waals surface area (Å²) in [6, 6.07) is 23.1. The first kappa shape index (κ1) is 21.3. The molecule has 1 aliphatic heterocycles. The molecule has 29 heavy (non-hydrogen) atoms. The van der Waals surface area contributed by atoms with E-state index in [1.165, 1.54) is 16.3 Å². The summed E-state index contributed by atoms with van der Waals surface area (Å²) in [5.74, 6) is 0.0175. The monoisotopic (exact) mass is 410 g/mol. The summed E-state index contributed by atoms with van der Waals surface area (Å²) in [4.78, 5) is 14.2. The normalized spacial score (nSPS) is 17.8. The highest BCUT2D eigenvalue weighted by Crippen LogP contribution is 2.24. The number of carbonyl (C=O) groups is 1. The summed E-state index contributed by atoms with van der Waals surface area (Å²) in [7, 11) is 0. The number of carbonyl (C=O) groups excluding carboxylic acids is 1. The molecule has 0 bridgehead atoms. The Bertz CT molecular complexity index is 986. The molecule has 1 fully saturated rings. The van der Waals surface area contributed by atoms with Crippen LogP contribution in [0.25, 0.3) is 10.8 Å². The van der Waals surface area contributed by atoms with Crippen molar-refractivity contribution >= 4 is 34.8 Å². The fourth-order valence-corrected chi connectivity index (χ4v) is 3.84. The molecule has 0 aliphatic carbocycles. The molecule has 0 saturated carbocycles. The Morgan fingerprint density at radius 2 is 1.86 bits per heavy atom. The number of rotatable bonds is 5. The molecule has 1 aliphatic rings. The zero-order valence-electron chi connectivity index (χ0n) is 16.8. The van der Waals surface area contributed by atoms with E-state index in [1.807, 2.05) is 36.1 Å². The molecule has 1 amide bonds. The average molecular weight is 411 g/mol. The van der Waals surface area contributed by atoms with Crippen molar-refractivity contribution in [2.75, 3.05) is 24.6 Å². The molecule has 4 nitrogen and oxygen atoms in total. The molecule has 0 spiro atoms. The number of morpholine rings is 1. The maximum atomic E-state index is 12.3. The third kappa shape index (κ3) is 4.78. The molecule has 5 heteroatoms. The number of benzene rings is 3. The van der Waals surface area contributed by atoms with E-state index in [0.29, 0.717) is 13.1 Å². The van der Waals surface area contributed by atoms with Crippen LogP contribution in [0.5, 0.6) is 0 Å². The first-order valence-electron chi connectivity index (χ1n) is 9.81. The fraction of sp³-hybridized carbons (Fsp3) is 0.292. The Morgan fingerprint density at radius 3 is 2.69 bits per heavy atom. The quantitative estimate of drug-likeness (QED) is 0.665. The summed E-state index contributed by atoms with van der Waals surface area (Å²) in [6.45, 7) is 5.61. The van der Waals surface area contributed by atoms with Crippen molar-refractivity contribution in [3.8, 4) is 0 Å². The summed E-state index contributed by atoms with van der Waals surface area (Å²) in [6.07, 6.45) is -0.0318. The van der Waals surface area contributed by atoms with E-state index in [-0.39, 0.29) is 37.1 Å². The van der Waals surface area contributed by atoms with E-state index >= 15 is 0 Å². The highest BCUT2D eigenvalue weighted by Gasteiger charge is 2.27. The van der Waals surface area contributed by atoms with Crippen molar-refractivity contribution in [2.45, 2.75) is 26.0 Å². The van der Waals surface area contributed by atoms with Gasteiger partial charge in [0, 0.05) is 18.3 Å². The third-order valence-electron chi connectivity index (χ3n) is 5.38. The lowest BCUT2D eigenvalue weighted by Gasteiger charge is -2.33. The minimum absolute atomic E-state index is 0. The van der Waals surface area contributed by atoms with E-state index in [9.17, 15) is 4.79 Å². The molecule has 0 aromatic heterocycles. The maximum Gasteiger partial charge on any atom is 0.253 e. The van der Waals surface area contributed by atoms with Gasteiger partial charge in [0.25, 0.3) is 5.91 Å². The predicted octanol–water partition coefficient (Wildman–Crippen LogP) is 4.65. The second-order valence-electron chi connectivity index (χ2n) is 7.47. The van der Waals surface area contributed by atoms with E-state index in [1.54, 1.807) is 0 Å². The maximum absolute atomic E-state index is 12.3. The Kier molecular flexibility index (Phi) is 6.91. The predicted molar refractivity (Wildman–Crippen MR) is 121 cm³/mol. The van der Waals surface area contributed by atoms with Crippen LogP contribution in [-0.4, -0.2) is 31.7 Å². The summed E-state index contributed by atoms with van der Waals surface area (Å²) in [5.41, 5.74) is 3.37. The van der Waals surface area contributed by atoms with Crippen LogP contribution >= 0.6 is 12.4 Å². The van der Waals surface area contributed by atoms with Gasteiger partial charge in [-0.15, -0.1) is 12.4 Å². The molecule has 0 radical (unpaired) electrons. The highest BCUT2D eigenvalue weighted by molar-refractivity contribution is 5.95. The summed E-state index contributed by atoms with van der Waals surface area (Å²) in [5, 5.41) is 6.11. The average Bonchev–Trinajstić information content (AvgIpc) is 2.72. The molecule has 4 rings (SSSR count). The SMILES string of the molecule is Cc1cccc(N2CC(CN[C@H](C)c3cccc4ccccc34)OCC2=O)c1.Cl. The molecule has 1 heterocycles. The largest absolute Gasteiger partial charge is 0.365 e. The number of fused-ring (bicyclic) bond motifs is 1. The second kappa shape index (κ2) is 9.40. The molecule has 3 aromatic rings. The lowest BCUT2D eigenvalue weighted by molar-refractivity contribution is -0.129. The Balaban J connectivity index is 0.00000240. The van der Waals surface area contributed by atoms with Gasteiger partial charge in [-0.2, -0.15) is 0 Å². The van der Waals surface area contributed by atoms with E-state index in [0.717, 1.165) is 11.3 Å². The van der Waals surface area contributed by atoms with Gasteiger partial charge in [-0.05, 0) is 47.9 Å². The number of halogens is 1. The second-order valence-corrected chi connectivity index (χ2v) is 7.47. The van der Waals surface area contributed by atoms with Crippen LogP contribution in [0.1, 0.15) is 24.1 Å². The number of aryl methyl sites for hydroxylation is 1. The summed E-state index contributed by atoms with van der Waals surface area (Å²) >= 11 is 0. The first-order valence-corrected chi connectivity index (χ1v) is 9.81. The standard InChI is InChI=1S/C24H26N2O2.ClH/c1-17-7-5-10-20(13-17)26-15-21(28-16-24(26)27)14-25-18(2)22-12-6-9-19-8-3-4-11-23(19)22;/h3-13,18,21,25H,14-16H2,1-2H3;1H/t18-,21?;/m1./s1. The Hall–Kier alpha value is -2.40. The van der Waals surface area contributed by atoms with Gasteiger partial charge in [0.2, 0.25) is 0 Å². The minimum atomic E-state index is -0.0318. The first-order chi connectivity index (χ1) is 13.6. The van der Waals surface area contributed by atoms with Gasteiger partial charge in [0.05, 0.1) is 12.6 Å². The van der Waals surface area contributed by atoms with Crippen molar-refractivity contribution < 1.29 is 9.53 Å². The summed E-state index contributed by atoms with van der Waals surface area (Å²) < 4.78 is 5.79. The number of nitrogens with one attached hydrogen (secondary N) is 1. The third-order valence-corrected chi connectivity index (χ3v) is 5.38. The minimum Gasteiger partial charge on any atom is -0.365 e. The zero-order valence-corrected chi connectivity index (χ0v) is 17.6. The highest BCUT2D eigenvalue weighted by atomic mass is 35.5. The van der Waals surface area contributed by atoms with Gasteiger partial charge < -0.3 is 15.0 Å². The van der Waals surface area contributed by atoms with Gasteiger partial charge in [-0.1, -0.05) is 54.6 Å². The van der Waals surface area contributed by atoms with Crippen LogP contribution < -0.4 is 10.2 Å². The number of anilines is 1. The van der Waals surface area contributed by atoms with Gasteiger partial charge in [-0.3, -0.25) is 4.79 Å². The Morgan fingerprint density at radius 1 is 1.10 bits per heavy atom. The number of ether oxygens (including phenoxy) is 1. The lowest BCUT2D eigenvalue weighted by atomic mass is 9.99. The van der Waals surface area contributed by atoms with Gasteiger partial charge in [0.15, 0.2) is 0 Å². The van der Waals surface area contributed by atoms with Crippen LogP contribution in [0.15, 0.2) is 66.7 Å². The van der Waals surface area contributed by atoms with Gasteiger partial charge >= 0.3 is 0 Å². The molecule has 1 saturated heterocycles. The van der Waals surface area contributed by atoms with Crippen molar-refractivity contribution in [1.82, 2.24) is 5.32 Å². The van der Waals surface area contributed by atoms with Crippen LogP contribution in [0.3, 0.4) is 0 Å². The van der Waals surface area contributed by atoms with Crippen LogP contribution in [0, 0.1) is 6.92 Å². The number of hydrogen-bond donors (Lipinski definition) is 1. The van der Waals surface area contributed by atoms with E-state index in [2.05, 4.69) is 54.7 Å². The van der Waals surface area contributed by atoms with Gasteiger partial charge in [0.1, 0.15) is 6.61 Å². The molecular formula is C24H27ClN2O2. The van der Waals surface area contributed by atoms with Crippen molar-refractivity contribution in [2.24, 2.45) is 0 Å². The number of amides is 1. The topological polar surface area (TPSA) is 41.6 Å². The molecule has 1 unspecified atom stereocenters. The number of hydrogen-bond acceptors (Lipinski definition) is 3. The van der Waals surface area contributed by atoms with Crippen LogP contribution in [0.2, 0.25) is 0 Å². The molecule has 3 aromatic carbocycles. The van der Waals surface area contributed by atoms with Gasteiger partial charge in [-0.25, -0.2) is 0 Å². The molecular weight excluding hydrogens is 384 g/mol. The molecule has 2 atom stereocenters. The van der Waals surface area contributed by atoms with Crippen LogP contribution in [0.4, 0.5) is 5.69 Å². The zero-order chi connectivity index (χ0) is 19.5. The van der Waals surface area contributed by atoms with E-state index < -0.39 is 0 Å². The smallest absolute Gasteiger partial charge is 0.253 e. The van der Waals surface area contributed by atoms with Crippen molar-refractivity contribution in [3.05, 3.63) is 77.9 Å². The molecule has 1 N–H and O–H groups in total. The van der Waals surface area contributed by atoms with Crippen molar-refractivity contribution in [3.63, 3.8) is 0 Å². The Labute approximate surface area is 178 Å². The fourth-order valence-electron chi connectivity index (χ4n) is 3.84. The number of nitrogens with zero attached hydrogens (tertiary/aromatic N) is 1.